The molecule has 0 aliphatic heterocycles. The Labute approximate surface area is 229 Å². The van der Waals surface area contributed by atoms with Crippen LogP contribution in [0.1, 0.15) is 27.0 Å². The minimum Gasteiger partial charge on any atom is -0.497 e. The van der Waals surface area contributed by atoms with E-state index >= 15 is 0 Å². The summed E-state index contributed by atoms with van der Waals surface area (Å²) in [6.07, 6.45) is 4.41. The first-order valence-electron chi connectivity index (χ1n) is 12.2. The molecule has 5 aromatic rings. The van der Waals surface area contributed by atoms with Crippen LogP contribution in [0.2, 0.25) is 0 Å². The van der Waals surface area contributed by atoms with E-state index in [-0.39, 0.29) is 40.5 Å². The summed E-state index contributed by atoms with van der Waals surface area (Å²) in [6.45, 7) is 0.121. The quantitative estimate of drug-likeness (QED) is 0.286. The second kappa shape index (κ2) is 10.5. The molecule has 40 heavy (non-hydrogen) atoms. The first-order valence-corrected chi connectivity index (χ1v) is 14.1. The largest absolute Gasteiger partial charge is 0.497 e. The second-order valence-electron chi connectivity index (χ2n) is 9.44. The van der Waals surface area contributed by atoms with Gasteiger partial charge in [0.05, 0.1) is 24.3 Å². The fourth-order valence-electron chi connectivity index (χ4n) is 4.59. The Hall–Kier alpha value is -4.64. The number of hydrogen-bond donors (Lipinski definition) is 2. The van der Waals surface area contributed by atoms with E-state index in [1.54, 1.807) is 50.7 Å². The molecule has 0 saturated heterocycles. The van der Waals surface area contributed by atoms with E-state index in [0.29, 0.717) is 28.5 Å². The third kappa shape index (κ3) is 5.41. The van der Waals surface area contributed by atoms with Crippen molar-refractivity contribution in [2.45, 2.75) is 13.0 Å². The van der Waals surface area contributed by atoms with Gasteiger partial charge in [0.2, 0.25) is 15.9 Å². The molecule has 2 N–H and O–H groups in total. The normalized spacial score (nSPS) is 11.6. The van der Waals surface area contributed by atoms with Gasteiger partial charge in [0, 0.05) is 30.2 Å². The molecule has 0 atom stereocenters. The van der Waals surface area contributed by atoms with Crippen molar-refractivity contribution in [2.75, 3.05) is 13.4 Å². The second-order valence-corrected chi connectivity index (χ2v) is 11.2. The number of amides is 1. The maximum atomic E-state index is 13.4. The number of hydrogen-bond acceptors (Lipinski definition) is 7. The highest BCUT2D eigenvalue weighted by molar-refractivity contribution is 7.89. The number of fused-ring (bicyclic) bond motifs is 2. The fraction of sp³-hybridized carbons (Fsp3) is 0.172. The van der Waals surface area contributed by atoms with E-state index < -0.39 is 15.9 Å². The van der Waals surface area contributed by atoms with Crippen LogP contribution in [0.3, 0.4) is 0 Å². The Kier molecular flexibility index (Phi) is 7.07. The van der Waals surface area contributed by atoms with Gasteiger partial charge < -0.3 is 19.1 Å². The van der Waals surface area contributed by atoms with Crippen LogP contribution in [0.4, 0.5) is 4.39 Å². The molecule has 9 nitrogen and oxygen atoms in total. The van der Waals surface area contributed by atoms with Gasteiger partial charge in [-0.25, -0.2) is 17.5 Å². The molecule has 3 aromatic carbocycles. The SMILES string of the molecule is COc1ccc(COc2c3ncc(Cc4ccc(F)cc4)cc3c(C(=O)NS(C)(=O)=O)c3cn(C)c(O)c23)cc1. The fourth-order valence-corrected chi connectivity index (χ4v) is 5.03. The number of carbonyl (C=O) groups is 1. The van der Waals surface area contributed by atoms with Crippen LogP contribution in [-0.4, -0.2) is 42.3 Å². The summed E-state index contributed by atoms with van der Waals surface area (Å²) in [5, 5.41) is 11.8. The van der Waals surface area contributed by atoms with E-state index in [1.807, 2.05) is 16.9 Å². The molecule has 0 unspecified atom stereocenters. The van der Waals surface area contributed by atoms with E-state index in [0.717, 1.165) is 17.4 Å². The lowest BCUT2D eigenvalue weighted by Gasteiger charge is -2.16. The van der Waals surface area contributed by atoms with E-state index in [1.165, 1.54) is 22.9 Å². The van der Waals surface area contributed by atoms with Gasteiger partial charge in [0.15, 0.2) is 5.75 Å². The average molecular weight is 564 g/mol. The smallest absolute Gasteiger partial charge is 0.266 e. The Morgan fingerprint density at radius 2 is 1.73 bits per heavy atom. The number of ether oxygens (including phenoxy) is 2. The number of pyridine rings is 1. The number of carbonyl (C=O) groups excluding carboxylic acids is 1. The zero-order chi connectivity index (χ0) is 28.6. The van der Waals surface area contributed by atoms with Crippen LogP contribution in [-0.2, 0) is 30.1 Å². The molecule has 0 radical (unpaired) electrons. The van der Waals surface area contributed by atoms with Crippen LogP contribution in [0.5, 0.6) is 17.4 Å². The lowest BCUT2D eigenvalue weighted by molar-refractivity contribution is 0.0985. The number of rotatable bonds is 8. The molecule has 0 fully saturated rings. The van der Waals surface area contributed by atoms with Crippen LogP contribution >= 0.6 is 0 Å². The summed E-state index contributed by atoms with van der Waals surface area (Å²) < 4.78 is 52.3. The minimum atomic E-state index is -3.90. The number of nitrogens with zero attached hydrogens (tertiary/aromatic N) is 2. The highest BCUT2D eigenvalue weighted by atomic mass is 32.2. The number of aromatic hydroxyl groups is 1. The molecule has 11 heteroatoms. The van der Waals surface area contributed by atoms with Crippen LogP contribution in [0.15, 0.2) is 67.0 Å². The predicted molar refractivity (Wildman–Crippen MR) is 149 cm³/mol. The number of aromatic nitrogens is 2. The third-order valence-corrected chi connectivity index (χ3v) is 7.00. The van der Waals surface area contributed by atoms with Gasteiger partial charge >= 0.3 is 0 Å². The van der Waals surface area contributed by atoms with Crippen molar-refractivity contribution in [2.24, 2.45) is 7.05 Å². The summed E-state index contributed by atoms with van der Waals surface area (Å²) in [5.74, 6) is -0.472. The van der Waals surface area contributed by atoms with Crippen molar-refractivity contribution in [3.63, 3.8) is 0 Å². The molecular weight excluding hydrogens is 537 g/mol. The zero-order valence-electron chi connectivity index (χ0n) is 21.9. The molecule has 5 rings (SSSR count). The molecule has 0 saturated carbocycles. The van der Waals surface area contributed by atoms with Gasteiger partial charge in [-0.15, -0.1) is 0 Å². The van der Waals surface area contributed by atoms with E-state index in [2.05, 4.69) is 4.98 Å². The molecular formula is C29H26FN3O6S. The number of methoxy groups -OCH3 is 1. The molecule has 0 aliphatic rings. The molecule has 0 bridgehead atoms. The molecule has 1 amide bonds. The maximum Gasteiger partial charge on any atom is 0.266 e. The number of sulfonamides is 1. The molecule has 2 heterocycles. The first-order chi connectivity index (χ1) is 19.0. The Morgan fingerprint density at radius 3 is 2.38 bits per heavy atom. The summed E-state index contributed by atoms with van der Waals surface area (Å²) in [7, 11) is -0.734. The first kappa shape index (κ1) is 26.9. The van der Waals surface area contributed by atoms with Gasteiger partial charge in [0.1, 0.15) is 23.7 Å². The van der Waals surface area contributed by atoms with Gasteiger partial charge in [-0.1, -0.05) is 24.3 Å². The third-order valence-electron chi connectivity index (χ3n) is 6.44. The monoisotopic (exact) mass is 563 g/mol. The standard InChI is InChI=1S/C29H26FN3O6S/c1-33-15-23-24(28(34)32-40(3,36)37)22-13-19(12-17-4-8-20(30)9-5-17)14-31-26(22)27(25(23)29(33)35)39-16-18-6-10-21(38-2)11-7-18/h4-11,13-15,35H,12,16H2,1-3H3,(H,32,34). The summed E-state index contributed by atoms with van der Waals surface area (Å²) in [5.41, 5.74) is 2.64. The van der Waals surface area contributed by atoms with Gasteiger partial charge in [-0.3, -0.25) is 9.78 Å². The Bertz CT molecular complexity index is 1850. The highest BCUT2D eigenvalue weighted by Gasteiger charge is 2.27. The molecule has 2 aromatic heterocycles. The van der Waals surface area contributed by atoms with Crippen LogP contribution < -0.4 is 14.2 Å². The lowest BCUT2D eigenvalue weighted by Crippen LogP contribution is -2.29. The number of benzene rings is 3. The average Bonchev–Trinajstić information content (AvgIpc) is 3.20. The molecule has 0 aliphatic carbocycles. The highest BCUT2D eigenvalue weighted by Crippen LogP contribution is 2.43. The summed E-state index contributed by atoms with van der Waals surface area (Å²) >= 11 is 0. The van der Waals surface area contributed by atoms with Crippen molar-refractivity contribution < 1.29 is 32.2 Å². The van der Waals surface area contributed by atoms with E-state index in [4.69, 9.17) is 9.47 Å². The van der Waals surface area contributed by atoms with Crippen molar-refractivity contribution in [3.8, 4) is 17.4 Å². The van der Waals surface area contributed by atoms with Crippen molar-refractivity contribution in [1.29, 1.82) is 0 Å². The molecule has 206 valence electrons. The van der Waals surface area contributed by atoms with Crippen LogP contribution in [0.25, 0.3) is 21.7 Å². The predicted octanol–water partition coefficient (Wildman–Crippen LogP) is 4.44. The van der Waals surface area contributed by atoms with Crippen molar-refractivity contribution >= 4 is 37.6 Å². The van der Waals surface area contributed by atoms with Gasteiger partial charge in [-0.2, -0.15) is 0 Å². The minimum absolute atomic E-state index is 0.0246. The Morgan fingerprint density at radius 1 is 1.05 bits per heavy atom. The summed E-state index contributed by atoms with van der Waals surface area (Å²) in [4.78, 5) is 18.0. The molecule has 0 spiro atoms. The van der Waals surface area contributed by atoms with Gasteiger partial charge in [0.25, 0.3) is 5.91 Å². The van der Waals surface area contributed by atoms with E-state index in [9.17, 15) is 22.7 Å². The number of aryl methyl sites for hydroxylation is 1. The number of halogens is 1. The van der Waals surface area contributed by atoms with Crippen LogP contribution in [0, 0.1) is 5.82 Å². The van der Waals surface area contributed by atoms with Crippen molar-refractivity contribution in [1.82, 2.24) is 14.3 Å². The number of nitrogens with one attached hydrogen (secondary N) is 1. The van der Waals surface area contributed by atoms with Gasteiger partial charge in [-0.05, 0) is 53.4 Å². The summed E-state index contributed by atoms with van der Waals surface area (Å²) in [6, 6.07) is 15.0. The lowest BCUT2D eigenvalue weighted by atomic mass is 9.97. The maximum absolute atomic E-state index is 13.4. The van der Waals surface area contributed by atoms with Crippen molar-refractivity contribution in [3.05, 3.63) is 95.1 Å². The zero-order valence-corrected chi connectivity index (χ0v) is 22.8. The topological polar surface area (TPSA) is 120 Å². The Balaban J connectivity index is 1.70.